The molecule has 29 heavy (non-hydrogen) atoms. The summed E-state index contributed by atoms with van der Waals surface area (Å²) >= 11 is 0. The maximum atomic E-state index is 14.2. The predicted molar refractivity (Wildman–Crippen MR) is 103 cm³/mol. The van der Waals surface area contributed by atoms with Crippen molar-refractivity contribution in [3.8, 4) is 5.75 Å². The Balaban J connectivity index is 1.49. The van der Waals surface area contributed by atoms with Gasteiger partial charge >= 0.3 is 5.97 Å². The molecule has 1 saturated heterocycles. The fraction of sp³-hybridized carbons (Fsp3) is 0.591. The van der Waals surface area contributed by atoms with E-state index in [-0.39, 0.29) is 30.5 Å². The molecule has 0 amide bonds. The van der Waals surface area contributed by atoms with Crippen molar-refractivity contribution < 1.29 is 32.9 Å². The summed E-state index contributed by atoms with van der Waals surface area (Å²) in [6, 6.07) is 8.60. The number of carboxylic acids is 1. The number of allylic oxidation sites excluding steroid dienone is 1. The van der Waals surface area contributed by atoms with E-state index in [9.17, 15) is 13.6 Å². The second-order valence-electron chi connectivity index (χ2n) is 7.85. The van der Waals surface area contributed by atoms with Crippen LogP contribution in [0.3, 0.4) is 0 Å². The van der Waals surface area contributed by atoms with E-state index in [0.717, 1.165) is 31.8 Å². The topological polar surface area (TPSA) is 65.0 Å². The van der Waals surface area contributed by atoms with Crippen LogP contribution >= 0.6 is 0 Å². The maximum Gasteiger partial charge on any atom is 0.329 e. The van der Waals surface area contributed by atoms with Crippen molar-refractivity contribution in [3.63, 3.8) is 0 Å². The van der Waals surface area contributed by atoms with Crippen LogP contribution in [0.1, 0.15) is 25.7 Å². The van der Waals surface area contributed by atoms with Crippen LogP contribution in [-0.4, -0.2) is 49.5 Å². The number of benzene rings is 1. The summed E-state index contributed by atoms with van der Waals surface area (Å²) in [5.41, 5.74) is 0. The molecule has 5 nitrogen and oxygen atoms in total. The van der Waals surface area contributed by atoms with E-state index in [1.807, 2.05) is 0 Å². The summed E-state index contributed by atoms with van der Waals surface area (Å²) in [7, 11) is 0. The number of carbonyl (C=O) groups is 1. The maximum absolute atomic E-state index is 14.2. The van der Waals surface area contributed by atoms with Gasteiger partial charge in [-0.25, -0.2) is 4.79 Å². The third-order valence-electron chi connectivity index (χ3n) is 5.61. The van der Waals surface area contributed by atoms with E-state index in [1.165, 1.54) is 0 Å². The Morgan fingerprint density at radius 2 is 2.00 bits per heavy atom. The third kappa shape index (κ3) is 6.78. The predicted octanol–water partition coefficient (Wildman–Crippen LogP) is 4.18. The van der Waals surface area contributed by atoms with E-state index >= 15 is 0 Å². The zero-order valence-electron chi connectivity index (χ0n) is 16.3. The lowest BCUT2D eigenvalue weighted by Crippen LogP contribution is -2.24. The molecule has 2 fully saturated rings. The minimum atomic E-state index is -3.03. The Bertz CT molecular complexity index is 679. The number of hydrogen-bond acceptors (Lipinski definition) is 4. The molecule has 4 atom stereocenters. The third-order valence-corrected chi connectivity index (χ3v) is 5.61. The molecule has 1 aliphatic carbocycles. The van der Waals surface area contributed by atoms with Gasteiger partial charge in [0.05, 0.1) is 19.3 Å². The molecule has 1 saturated carbocycles. The van der Waals surface area contributed by atoms with E-state index in [1.54, 1.807) is 36.4 Å². The summed E-state index contributed by atoms with van der Waals surface area (Å²) in [5, 5.41) is 8.66. The van der Waals surface area contributed by atoms with Crippen molar-refractivity contribution in [2.24, 2.45) is 17.8 Å². The van der Waals surface area contributed by atoms with Gasteiger partial charge in [0.15, 0.2) is 6.61 Å². The van der Waals surface area contributed by atoms with Gasteiger partial charge in [-0.15, -0.1) is 0 Å². The van der Waals surface area contributed by atoms with Crippen molar-refractivity contribution in [1.82, 2.24) is 0 Å². The number of halogens is 2. The van der Waals surface area contributed by atoms with Crippen LogP contribution in [0.2, 0.25) is 0 Å². The largest absolute Gasteiger partial charge is 0.487 e. The van der Waals surface area contributed by atoms with Gasteiger partial charge in [0, 0.05) is 5.92 Å². The highest BCUT2D eigenvalue weighted by Gasteiger charge is 2.38. The van der Waals surface area contributed by atoms with Crippen LogP contribution in [0.25, 0.3) is 0 Å². The van der Waals surface area contributed by atoms with Gasteiger partial charge in [0.2, 0.25) is 0 Å². The van der Waals surface area contributed by atoms with E-state index in [4.69, 9.17) is 19.3 Å². The molecule has 2 aliphatic rings. The molecule has 1 N–H and O–H groups in total. The highest BCUT2D eigenvalue weighted by Crippen LogP contribution is 2.41. The summed E-state index contributed by atoms with van der Waals surface area (Å²) in [6.07, 6.45) is 6.08. The molecular formula is C22H28F2O5. The fourth-order valence-electron chi connectivity index (χ4n) is 4.13. The van der Waals surface area contributed by atoms with Gasteiger partial charge in [0.25, 0.3) is 5.92 Å². The Kier molecular flexibility index (Phi) is 7.61. The SMILES string of the molecule is O=C(O)COC[C@H]1CC[C@H]2[C@H](CC[C@@H]2/C=C/C(F)(F)COc2ccccc2)OC1. The summed E-state index contributed by atoms with van der Waals surface area (Å²) in [4.78, 5) is 10.6. The highest BCUT2D eigenvalue weighted by atomic mass is 19.3. The fourth-order valence-corrected chi connectivity index (χ4v) is 4.13. The summed E-state index contributed by atoms with van der Waals surface area (Å²) < 4.78 is 44.8. The standard InChI is InChI=1S/C22H28F2O5/c23-22(24,15-29-18-4-2-1-3-5-18)11-10-17-7-9-20-19(17)8-6-16(13-28-20)12-27-14-21(25)26/h1-5,10-11,16-17,19-20H,6-9,12-15H2,(H,25,26)/b11-10+/t16-,17-,19-,20+/m1/s1. The molecular weight excluding hydrogens is 382 g/mol. The molecule has 0 bridgehead atoms. The monoisotopic (exact) mass is 410 g/mol. The normalized spacial score (nSPS) is 27.5. The molecule has 1 heterocycles. The second kappa shape index (κ2) is 10.2. The van der Waals surface area contributed by atoms with E-state index in [2.05, 4.69) is 0 Å². The molecule has 0 spiro atoms. The number of rotatable bonds is 9. The zero-order chi connectivity index (χ0) is 20.7. The van der Waals surface area contributed by atoms with Gasteiger partial charge in [-0.05, 0) is 55.7 Å². The van der Waals surface area contributed by atoms with E-state index in [0.29, 0.717) is 19.0 Å². The minimum absolute atomic E-state index is 0.0567. The molecule has 0 aromatic heterocycles. The Morgan fingerprint density at radius 3 is 2.76 bits per heavy atom. The Labute approximate surface area is 169 Å². The molecule has 7 heteroatoms. The van der Waals surface area contributed by atoms with Gasteiger partial charge in [-0.3, -0.25) is 0 Å². The van der Waals surface area contributed by atoms with Crippen LogP contribution in [0.5, 0.6) is 5.75 Å². The lowest BCUT2D eigenvalue weighted by atomic mass is 9.88. The molecule has 1 aromatic carbocycles. The van der Waals surface area contributed by atoms with Crippen molar-refractivity contribution >= 4 is 5.97 Å². The molecule has 3 rings (SSSR count). The van der Waals surface area contributed by atoms with Crippen LogP contribution in [0.15, 0.2) is 42.5 Å². The molecule has 1 aliphatic heterocycles. The molecule has 0 unspecified atom stereocenters. The summed E-state index contributed by atoms with van der Waals surface area (Å²) in [6.45, 7) is -0.123. The zero-order valence-corrected chi connectivity index (χ0v) is 16.3. The number of aliphatic carboxylic acids is 1. The number of carboxylic acid groups (broad SMARTS) is 1. The smallest absolute Gasteiger partial charge is 0.329 e. The lowest BCUT2D eigenvalue weighted by Gasteiger charge is -2.21. The first kappa shape index (κ1) is 21.7. The van der Waals surface area contributed by atoms with Gasteiger partial charge in [-0.2, -0.15) is 8.78 Å². The van der Waals surface area contributed by atoms with Gasteiger partial charge in [0.1, 0.15) is 12.4 Å². The Hall–Kier alpha value is -1.99. The average Bonchev–Trinajstić information content (AvgIpc) is 2.98. The van der Waals surface area contributed by atoms with Crippen LogP contribution in [0, 0.1) is 17.8 Å². The van der Waals surface area contributed by atoms with Crippen molar-refractivity contribution in [2.45, 2.75) is 37.7 Å². The first-order chi connectivity index (χ1) is 13.9. The van der Waals surface area contributed by atoms with Crippen molar-refractivity contribution in [1.29, 1.82) is 0 Å². The van der Waals surface area contributed by atoms with Crippen molar-refractivity contribution in [2.75, 3.05) is 26.4 Å². The molecule has 1 aromatic rings. The van der Waals surface area contributed by atoms with Crippen LogP contribution in [-0.2, 0) is 14.3 Å². The molecule has 160 valence electrons. The van der Waals surface area contributed by atoms with Crippen molar-refractivity contribution in [3.05, 3.63) is 42.5 Å². The molecule has 0 radical (unpaired) electrons. The first-order valence-corrected chi connectivity index (χ1v) is 10.1. The lowest BCUT2D eigenvalue weighted by molar-refractivity contribution is -0.143. The quantitative estimate of drug-likeness (QED) is 0.619. The number of ether oxygens (including phenoxy) is 3. The van der Waals surface area contributed by atoms with Gasteiger partial charge < -0.3 is 19.3 Å². The number of alkyl halides is 2. The summed E-state index contributed by atoms with van der Waals surface area (Å²) in [5.74, 6) is -3.19. The number of fused-ring (bicyclic) bond motifs is 1. The number of para-hydroxylation sites is 1. The minimum Gasteiger partial charge on any atom is -0.487 e. The van der Waals surface area contributed by atoms with Gasteiger partial charge in [-0.1, -0.05) is 24.3 Å². The Morgan fingerprint density at radius 1 is 1.21 bits per heavy atom. The van der Waals surface area contributed by atoms with Crippen LogP contribution < -0.4 is 4.74 Å². The second-order valence-corrected chi connectivity index (χ2v) is 7.85. The highest BCUT2D eigenvalue weighted by molar-refractivity contribution is 5.67. The first-order valence-electron chi connectivity index (χ1n) is 10.1. The van der Waals surface area contributed by atoms with Crippen LogP contribution in [0.4, 0.5) is 8.78 Å². The van der Waals surface area contributed by atoms with E-state index < -0.39 is 18.5 Å². The average molecular weight is 410 g/mol. The number of hydrogen-bond donors (Lipinski definition) is 1.